The molecule has 1 atom stereocenters. The van der Waals surface area contributed by atoms with E-state index in [1.807, 2.05) is 6.07 Å². The van der Waals surface area contributed by atoms with Gasteiger partial charge in [0.2, 0.25) is 0 Å². The number of para-hydroxylation sites is 1. The summed E-state index contributed by atoms with van der Waals surface area (Å²) >= 11 is 8.54. The number of hydrogen-bond donors (Lipinski definition) is 1. The van der Waals surface area contributed by atoms with Gasteiger partial charge in [-0.3, -0.25) is 24.6 Å². The van der Waals surface area contributed by atoms with Gasteiger partial charge in [0.1, 0.15) is 5.57 Å². The Morgan fingerprint density at radius 2 is 1.70 bits per heavy atom. The minimum Gasteiger partial charge on any atom is -0.298 e. The number of nitrogens with one attached hydrogen (secondary N) is 1. The summed E-state index contributed by atoms with van der Waals surface area (Å²) < 4.78 is 0.839. The summed E-state index contributed by atoms with van der Waals surface area (Å²) in [6, 6.07) is 15.9. The highest BCUT2D eigenvalue weighted by Crippen LogP contribution is 2.27. The summed E-state index contributed by atoms with van der Waals surface area (Å²) in [5.41, 5.74) is 1.45. The molecule has 1 saturated heterocycles. The van der Waals surface area contributed by atoms with Crippen molar-refractivity contribution >= 4 is 68.1 Å². The number of hydrogen-bond acceptors (Lipinski definition) is 5. The van der Waals surface area contributed by atoms with Crippen LogP contribution in [0.1, 0.15) is 6.92 Å². The Hall–Kier alpha value is -3.17. The van der Waals surface area contributed by atoms with Gasteiger partial charge in [0.25, 0.3) is 17.7 Å². The summed E-state index contributed by atoms with van der Waals surface area (Å²) in [6.45, 7) is 1.69. The third-order valence-corrected chi connectivity index (χ3v) is 5.52. The molecule has 2 aliphatic rings. The Bertz CT molecular complexity index is 1130. The van der Waals surface area contributed by atoms with Crippen molar-refractivity contribution in [1.29, 1.82) is 0 Å². The molecule has 1 N–H and O–H groups in total. The number of hydrazone groups is 1. The van der Waals surface area contributed by atoms with Crippen LogP contribution in [0.2, 0.25) is 0 Å². The van der Waals surface area contributed by atoms with Crippen LogP contribution < -0.4 is 15.2 Å². The van der Waals surface area contributed by atoms with Gasteiger partial charge in [-0.25, -0.2) is 0 Å². The van der Waals surface area contributed by atoms with Crippen molar-refractivity contribution in [3.05, 3.63) is 70.7 Å². The van der Waals surface area contributed by atoms with Crippen LogP contribution in [0.5, 0.6) is 0 Å². The lowest BCUT2D eigenvalue weighted by atomic mass is 9.98. The molecule has 2 heterocycles. The minimum atomic E-state index is -0.826. The van der Waals surface area contributed by atoms with E-state index < -0.39 is 17.7 Å². The molecule has 7 nitrogen and oxygen atoms in total. The molecule has 4 rings (SSSR count). The number of anilines is 2. The summed E-state index contributed by atoms with van der Waals surface area (Å²) in [7, 11) is 0. The second-order valence-electron chi connectivity index (χ2n) is 6.66. The van der Waals surface area contributed by atoms with E-state index in [1.165, 1.54) is 16.0 Å². The summed E-state index contributed by atoms with van der Waals surface area (Å²) in [5.74, 6) is -2.40. The van der Waals surface area contributed by atoms with Crippen LogP contribution in [0.15, 0.2) is 75.8 Å². The monoisotopic (exact) mass is 482 g/mol. The van der Waals surface area contributed by atoms with Gasteiger partial charge in [-0.2, -0.15) is 10.1 Å². The van der Waals surface area contributed by atoms with Gasteiger partial charge < -0.3 is 0 Å². The molecule has 0 aromatic heterocycles. The van der Waals surface area contributed by atoms with Crippen molar-refractivity contribution in [3.63, 3.8) is 0 Å². The molecule has 1 fully saturated rings. The molecule has 0 aliphatic carbocycles. The molecular formula is C21H15BrN4O3S. The number of nitrogens with zero attached hydrogens (tertiary/aromatic N) is 3. The van der Waals surface area contributed by atoms with Crippen LogP contribution >= 0.6 is 28.1 Å². The third kappa shape index (κ3) is 3.57. The molecule has 0 unspecified atom stereocenters. The minimum absolute atomic E-state index is 0.0153. The number of rotatable bonds is 3. The highest BCUT2D eigenvalue weighted by atomic mass is 79.9. The van der Waals surface area contributed by atoms with Crippen molar-refractivity contribution in [1.82, 2.24) is 5.32 Å². The van der Waals surface area contributed by atoms with Crippen molar-refractivity contribution in [2.24, 2.45) is 11.0 Å². The van der Waals surface area contributed by atoms with E-state index >= 15 is 0 Å². The normalized spacial score (nSPS) is 20.7. The second kappa shape index (κ2) is 7.92. The number of carbonyl (C=O) groups is 3. The van der Waals surface area contributed by atoms with E-state index in [4.69, 9.17) is 12.2 Å². The van der Waals surface area contributed by atoms with Crippen LogP contribution in [0.4, 0.5) is 11.4 Å². The quantitative estimate of drug-likeness (QED) is 0.413. The average Bonchev–Trinajstić information content (AvgIpc) is 3.01. The maximum Gasteiger partial charge on any atom is 0.269 e. The zero-order valence-corrected chi connectivity index (χ0v) is 18.1. The summed E-state index contributed by atoms with van der Waals surface area (Å²) in [5, 5.41) is 8.09. The van der Waals surface area contributed by atoms with Gasteiger partial charge >= 0.3 is 0 Å². The van der Waals surface area contributed by atoms with Crippen LogP contribution in [-0.4, -0.2) is 28.5 Å². The fraction of sp³-hybridized carbons (Fsp3) is 0.0952. The first-order chi connectivity index (χ1) is 14.4. The van der Waals surface area contributed by atoms with Gasteiger partial charge in [0.15, 0.2) is 5.11 Å². The first kappa shape index (κ1) is 20.1. The number of carbonyl (C=O) groups excluding carboxylic acids is 3. The summed E-state index contributed by atoms with van der Waals surface area (Å²) in [4.78, 5) is 39.8. The molecule has 2 aromatic rings. The zero-order chi connectivity index (χ0) is 21.4. The topological polar surface area (TPSA) is 82.1 Å². The van der Waals surface area contributed by atoms with Gasteiger partial charge in [-0.1, -0.05) is 34.1 Å². The molecular weight excluding hydrogens is 468 g/mol. The molecule has 0 spiro atoms. The molecule has 0 radical (unpaired) electrons. The SMILES string of the molecule is CC1=NN(c2ccccc2)C(=O)[C@@H]1/C=C1/C(=O)NC(=S)N(c2ccc(Br)cc2)C1=O. The summed E-state index contributed by atoms with van der Waals surface area (Å²) in [6.07, 6.45) is 1.36. The molecule has 30 heavy (non-hydrogen) atoms. The van der Waals surface area contributed by atoms with Crippen molar-refractivity contribution in [2.45, 2.75) is 6.92 Å². The molecule has 0 saturated carbocycles. The van der Waals surface area contributed by atoms with E-state index in [0.29, 0.717) is 17.1 Å². The molecule has 2 aliphatic heterocycles. The Morgan fingerprint density at radius 3 is 2.37 bits per heavy atom. The van der Waals surface area contributed by atoms with Crippen LogP contribution in [-0.2, 0) is 14.4 Å². The van der Waals surface area contributed by atoms with Crippen molar-refractivity contribution in [2.75, 3.05) is 9.91 Å². The number of thiocarbonyl (C=S) groups is 1. The standard InChI is InChI=1S/C21H15BrN4O3S/c1-12-16(20(29)26(24-12)15-5-3-2-4-6-15)11-17-18(27)23-21(30)25(19(17)28)14-9-7-13(22)8-10-14/h2-11,16H,1H3,(H,23,27,30)/b17-11-/t16-/m1/s1. The Kier molecular flexibility index (Phi) is 5.31. The Morgan fingerprint density at radius 1 is 1.03 bits per heavy atom. The molecule has 9 heteroatoms. The maximum atomic E-state index is 13.1. The molecule has 3 amide bonds. The average molecular weight is 483 g/mol. The van der Waals surface area contributed by atoms with E-state index in [-0.39, 0.29) is 16.6 Å². The number of benzene rings is 2. The van der Waals surface area contributed by atoms with Crippen LogP contribution in [0, 0.1) is 5.92 Å². The fourth-order valence-corrected chi connectivity index (χ4v) is 3.74. The molecule has 0 bridgehead atoms. The smallest absolute Gasteiger partial charge is 0.269 e. The van der Waals surface area contributed by atoms with Gasteiger partial charge in [-0.05, 0) is 61.6 Å². The Balaban J connectivity index is 1.67. The fourth-order valence-electron chi connectivity index (χ4n) is 3.19. The van der Waals surface area contributed by atoms with Crippen LogP contribution in [0.3, 0.4) is 0 Å². The van der Waals surface area contributed by atoms with E-state index in [9.17, 15) is 14.4 Å². The largest absolute Gasteiger partial charge is 0.298 e. The number of amides is 3. The lowest BCUT2D eigenvalue weighted by Gasteiger charge is -2.29. The van der Waals surface area contributed by atoms with E-state index in [2.05, 4.69) is 26.3 Å². The Labute approximate surface area is 186 Å². The van der Waals surface area contributed by atoms with Gasteiger partial charge in [-0.15, -0.1) is 0 Å². The number of halogens is 1. The van der Waals surface area contributed by atoms with E-state index in [1.54, 1.807) is 55.5 Å². The third-order valence-electron chi connectivity index (χ3n) is 4.70. The first-order valence-electron chi connectivity index (χ1n) is 8.98. The van der Waals surface area contributed by atoms with Gasteiger partial charge in [0, 0.05) is 4.47 Å². The second-order valence-corrected chi connectivity index (χ2v) is 7.96. The van der Waals surface area contributed by atoms with Gasteiger partial charge in [0.05, 0.1) is 23.0 Å². The van der Waals surface area contributed by atoms with E-state index in [0.717, 1.165) is 4.47 Å². The molecule has 150 valence electrons. The lowest BCUT2D eigenvalue weighted by Crippen LogP contribution is -2.54. The van der Waals surface area contributed by atoms with Crippen molar-refractivity contribution < 1.29 is 14.4 Å². The highest BCUT2D eigenvalue weighted by Gasteiger charge is 2.39. The zero-order valence-electron chi connectivity index (χ0n) is 15.7. The van der Waals surface area contributed by atoms with Crippen LogP contribution in [0.25, 0.3) is 0 Å². The lowest BCUT2D eigenvalue weighted by molar-refractivity contribution is -0.122. The first-order valence-corrected chi connectivity index (χ1v) is 10.2. The highest BCUT2D eigenvalue weighted by molar-refractivity contribution is 9.10. The van der Waals surface area contributed by atoms with Crippen molar-refractivity contribution in [3.8, 4) is 0 Å². The predicted octanol–water partition coefficient (Wildman–Crippen LogP) is 3.16. The maximum absolute atomic E-state index is 13.1. The molecule has 2 aromatic carbocycles. The predicted molar refractivity (Wildman–Crippen MR) is 121 cm³/mol.